The number of nitrogens with one attached hydrogen (secondary N) is 1. The Balaban J connectivity index is 1.72. The van der Waals surface area contributed by atoms with Crippen LogP contribution in [0.5, 0.6) is 0 Å². The average Bonchev–Trinajstić information content (AvgIpc) is 3.06. The Bertz CT molecular complexity index is 500. The number of rotatable bonds is 4. The molecule has 1 saturated carbocycles. The number of aromatic nitrogens is 2. The number of pyridine rings is 1. The Kier molecular flexibility index (Phi) is 2.91. The number of nitrogens with zero attached hydrogens (tertiary/aromatic N) is 2. The lowest BCUT2D eigenvalue weighted by Gasteiger charge is -1.98. The minimum absolute atomic E-state index is 0.737. The van der Waals surface area contributed by atoms with Gasteiger partial charge in [-0.3, -0.25) is 4.98 Å². The van der Waals surface area contributed by atoms with Crippen molar-refractivity contribution in [2.24, 2.45) is 0 Å². The van der Waals surface area contributed by atoms with E-state index in [-0.39, 0.29) is 0 Å². The molecule has 0 aromatic carbocycles. The Morgan fingerprint density at radius 2 is 2.29 bits per heavy atom. The molecule has 2 aromatic rings. The summed E-state index contributed by atoms with van der Waals surface area (Å²) in [4.78, 5) is 8.93. The van der Waals surface area contributed by atoms with E-state index < -0.39 is 0 Å². The molecule has 17 heavy (non-hydrogen) atoms. The monoisotopic (exact) mass is 245 g/mol. The molecule has 1 fully saturated rings. The first-order chi connectivity index (χ1) is 8.31. The summed E-state index contributed by atoms with van der Waals surface area (Å²) in [6, 6.07) is 4.85. The largest absolute Gasteiger partial charge is 0.308 e. The van der Waals surface area contributed by atoms with Gasteiger partial charge in [-0.25, -0.2) is 4.98 Å². The van der Waals surface area contributed by atoms with E-state index in [0.29, 0.717) is 0 Å². The fourth-order valence-corrected chi connectivity index (χ4v) is 2.46. The van der Waals surface area contributed by atoms with E-state index in [4.69, 9.17) is 0 Å². The lowest BCUT2D eigenvalue weighted by Crippen LogP contribution is -2.15. The lowest BCUT2D eigenvalue weighted by molar-refractivity contribution is 0.678. The van der Waals surface area contributed by atoms with Crippen LogP contribution in [0.15, 0.2) is 23.7 Å². The fraction of sp³-hybridized carbons (Fsp3) is 0.385. The molecule has 0 amide bonds. The molecule has 0 unspecified atom stereocenters. The van der Waals surface area contributed by atoms with Crippen LogP contribution in [0.4, 0.5) is 0 Å². The van der Waals surface area contributed by atoms with Gasteiger partial charge in [0.25, 0.3) is 0 Å². The molecule has 4 heteroatoms. The van der Waals surface area contributed by atoms with E-state index in [9.17, 15) is 0 Å². The molecular weight excluding hydrogens is 230 g/mol. The van der Waals surface area contributed by atoms with Gasteiger partial charge in [0.2, 0.25) is 0 Å². The van der Waals surface area contributed by atoms with Crippen molar-refractivity contribution in [1.82, 2.24) is 15.3 Å². The van der Waals surface area contributed by atoms with E-state index in [1.807, 2.05) is 19.2 Å². The highest BCUT2D eigenvalue weighted by atomic mass is 32.1. The number of hydrogen-bond donors (Lipinski definition) is 1. The molecular formula is C13H15N3S. The van der Waals surface area contributed by atoms with E-state index in [1.54, 1.807) is 11.3 Å². The quantitative estimate of drug-likeness (QED) is 0.900. The maximum Gasteiger partial charge on any atom is 0.125 e. The Morgan fingerprint density at radius 3 is 3.00 bits per heavy atom. The molecule has 2 aromatic heterocycles. The van der Waals surface area contributed by atoms with Crippen molar-refractivity contribution in [2.75, 3.05) is 0 Å². The van der Waals surface area contributed by atoms with Crippen molar-refractivity contribution in [3.05, 3.63) is 35.1 Å². The maximum atomic E-state index is 4.63. The predicted molar refractivity (Wildman–Crippen MR) is 69.9 cm³/mol. The van der Waals surface area contributed by atoms with Gasteiger partial charge in [-0.1, -0.05) is 0 Å². The van der Waals surface area contributed by atoms with Crippen LogP contribution in [-0.4, -0.2) is 16.0 Å². The molecule has 0 radical (unpaired) electrons. The normalized spacial score (nSPS) is 15.1. The van der Waals surface area contributed by atoms with E-state index in [2.05, 4.69) is 26.7 Å². The van der Waals surface area contributed by atoms with Crippen LogP contribution in [0.2, 0.25) is 0 Å². The van der Waals surface area contributed by atoms with Crippen molar-refractivity contribution in [1.29, 1.82) is 0 Å². The summed E-state index contributed by atoms with van der Waals surface area (Å²) in [6.45, 7) is 2.89. The van der Waals surface area contributed by atoms with E-state index >= 15 is 0 Å². The lowest BCUT2D eigenvalue weighted by atomic mass is 10.3. The van der Waals surface area contributed by atoms with Crippen LogP contribution in [-0.2, 0) is 6.54 Å². The third kappa shape index (κ3) is 2.70. The highest BCUT2D eigenvalue weighted by Gasteiger charge is 2.20. The summed E-state index contributed by atoms with van der Waals surface area (Å²) in [5.41, 5.74) is 3.29. The molecule has 3 nitrogen and oxygen atoms in total. The first kappa shape index (κ1) is 10.9. The molecule has 0 saturated heterocycles. The van der Waals surface area contributed by atoms with Crippen LogP contribution in [0.1, 0.15) is 24.2 Å². The van der Waals surface area contributed by atoms with Gasteiger partial charge < -0.3 is 5.32 Å². The number of thiazole rings is 1. The Morgan fingerprint density at radius 1 is 1.41 bits per heavy atom. The second-order valence-corrected chi connectivity index (χ2v) is 5.35. The molecule has 88 valence electrons. The molecule has 0 spiro atoms. The third-order valence-corrected chi connectivity index (χ3v) is 3.80. The fourth-order valence-electron chi connectivity index (χ4n) is 1.65. The van der Waals surface area contributed by atoms with Gasteiger partial charge in [-0.15, -0.1) is 11.3 Å². The third-order valence-electron chi connectivity index (χ3n) is 2.86. The minimum Gasteiger partial charge on any atom is -0.308 e. The molecule has 1 N–H and O–H groups in total. The van der Waals surface area contributed by atoms with Gasteiger partial charge in [0, 0.05) is 35.4 Å². The van der Waals surface area contributed by atoms with E-state index in [0.717, 1.165) is 34.5 Å². The van der Waals surface area contributed by atoms with Gasteiger partial charge in [0.05, 0.1) is 5.69 Å². The Labute approximate surface area is 105 Å². The number of hydrogen-bond acceptors (Lipinski definition) is 4. The SMILES string of the molecule is Cc1ccc(-c2nc(CNC3CC3)cs2)cn1. The summed E-state index contributed by atoms with van der Waals surface area (Å²) in [5.74, 6) is 0. The summed E-state index contributed by atoms with van der Waals surface area (Å²) in [5, 5.41) is 6.67. The van der Waals surface area contributed by atoms with Crippen LogP contribution < -0.4 is 5.32 Å². The van der Waals surface area contributed by atoms with Gasteiger partial charge >= 0.3 is 0 Å². The minimum atomic E-state index is 0.737. The van der Waals surface area contributed by atoms with Gasteiger partial charge in [-0.05, 0) is 31.9 Å². The summed E-state index contributed by atoms with van der Waals surface area (Å²) >= 11 is 1.69. The summed E-state index contributed by atoms with van der Waals surface area (Å²) < 4.78 is 0. The molecule has 1 aliphatic carbocycles. The molecule has 3 rings (SSSR count). The van der Waals surface area contributed by atoms with Crippen LogP contribution >= 0.6 is 11.3 Å². The second-order valence-electron chi connectivity index (χ2n) is 4.49. The summed E-state index contributed by atoms with van der Waals surface area (Å²) in [6.07, 6.45) is 4.53. The van der Waals surface area contributed by atoms with Gasteiger partial charge in [0.1, 0.15) is 5.01 Å². The zero-order valence-electron chi connectivity index (χ0n) is 9.81. The highest BCUT2D eigenvalue weighted by molar-refractivity contribution is 7.13. The molecule has 0 atom stereocenters. The molecule has 0 aliphatic heterocycles. The van der Waals surface area contributed by atoms with Gasteiger partial charge in [0.15, 0.2) is 0 Å². The van der Waals surface area contributed by atoms with E-state index in [1.165, 1.54) is 12.8 Å². The average molecular weight is 245 g/mol. The van der Waals surface area contributed by atoms with Crippen LogP contribution in [0.3, 0.4) is 0 Å². The summed E-state index contributed by atoms with van der Waals surface area (Å²) in [7, 11) is 0. The standard InChI is InChI=1S/C13H15N3S/c1-9-2-3-10(6-14-9)13-16-12(8-17-13)7-15-11-4-5-11/h2-3,6,8,11,15H,4-5,7H2,1H3. The van der Waals surface area contributed by atoms with Crippen molar-refractivity contribution in [3.8, 4) is 10.6 Å². The van der Waals surface area contributed by atoms with Crippen molar-refractivity contribution in [3.63, 3.8) is 0 Å². The smallest absolute Gasteiger partial charge is 0.125 e. The molecule has 2 heterocycles. The maximum absolute atomic E-state index is 4.63. The van der Waals surface area contributed by atoms with Crippen LogP contribution in [0.25, 0.3) is 10.6 Å². The zero-order chi connectivity index (χ0) is 11.7. The highest BCUT2D eigenvalue weighted by Crippen LogP contribution is 2.24. The molecule has 0 bridgehead atoms. The van der Waals surface area contributed by atoms with Crippen LogP contribution in [0, 0.1) is 6.92 Å². The predicted octanol–water partition coefficient (Wildman–Crippen LogP) is 2.77. The topological polar surface area (TPSA) is 37.8 Å². The molecule has 1 aliphatic rings. The van der Waals surface area contributed by atoms with Gasteiger partial charge in [-0.2, -0.15) is 0 Å². The number of aryl methyl sites for hydroxylation is 1. The Hall–Kier alpha value is -1.26. The first-order valence-electron chi connectivity index (χ1n) is 5.92. The zero-order valence-corrected chi connectivity index (χ0v) is 10.6. The first-order valence-corrected chi connectivity index (χ1v) is 6.80. The van der Waals surface area contributed by atoms with Crippen molar-refractivity contribution < 1.29 is 0 Å². The second kappa shape index (κ2) is 4.55. The van der Waals surface area contributed by atoms with Crippen molar-refractivity contribution >= 4 is 11.3 Å². The van der Waals surface area contributed by atoms with Crippen molar-refractivity contribution in [2.45, 2.75) is 32.4 Å².